The quantitative estimate of drug-likeness (QED) is 0.414. The Morgan fingerprint density at radius 3 is 2.30 bits per heavy atom. The smallest absolute Gasteiger partial charge is 0.194 e. The molecule has 0 radical (unpaired) electrons. The van der Waals surface area contributed by atoms with E-state index < -0.39 is 5.41 Å². The monoisotopic (exact) mass is 480 g/mol. The molecule has 2 aliphatic heterocycles. The van der Waals surface area contributed by atoms with E-state index in [1.165, 1.54) is 0 Å². The lowest BCUT2D eigenvalue weighted by molar-refractivity contribution is 0.0877. The van der Waals surface area contributed by atoms with Crippen LogP contribution in [0, 0.1) is 0 Å². The number of nitrogens with zero attached hydrogens (tertiary/aromatic N) is 1. The molecule has 176 valence electrons. The molecule has 1 spiro atoms. The van der Waals surface area contributed by atoms with Crippen LogP contribution in [0.5, 0.6) is 0 Å². The van der Waals surface area contributed by atoms with E-state index in [1.54, 1.807) is 12.1 Å². The number of Topliss-reactive ketones (excluding diaryl/α,β-unsaturated/α-hetero) is 3. The number of hydrogen-bond donors (Lipinski definition) is 1. The van der Waals surface area contributed by atoms with Crippen LogP contribution < -0.4 is 5.32 Å². The van der Waals surface area contributed by atoms with Gasteiger partial charge in [-0.05, 0) is 16.3 Å². The predicted molar refractivity (Wildman–Crippen MR) is 140 cm³/mol. The van der Waals surface area contributed by atoms with Crippen molar-refractivity contribution in [3.8, 4) is 0 Å². The van der Waals surface area contributed by atoms with Crippen LogP contribution in [0.1, 0.15) is 42.2 Å². The minimum Gasteiger partial charge on any atom is -0.369 e. The van der Waals surface area contributed by atoms with E-state index in [0.717, 1.165) is 22.0 Å². The van der Waals surface area contributed by atoms with E-state index >= 15 is 0 Å². The SMILES string of the molecule is O=C(C1=C2NCCN2C2=C(C(=O)c3ccccc32)C12C(=O)c1cccc3cccc2c13)c1ccccc1. The third-order valence-electron chi connectivity index (χ3n) is 8.20. The van der Waals surface area contributed by atoms with Crippen LogP contribution in [0.15, 0.2) is 108 Å². The highest BCUT2D eigenvalue weighted by Gasteiger charge is 2.63. The summed E-state index contributed by atoms with van der Waals surface area (Å²) in [6, 6.07) is 28.0. The molecule has 0 saturated carbocycles. The largest absolute Gasteiger partial charge is 0.369 e. The van der Waals surface area contributed by atoms with E-state index in [0.29, 0.717) is 52.3 Å². The minimum absolute atomic E-state index is 0.187. The van der Waals surface area contributed by atoms with Crippen LogP contribution in [0.4, 0.5) is 0 Å². The highest BCUT2D eigenvalue weighted by atomic mass is 16.1. The Morgan fingerprint density at radius 1 is 0.784 bits per heavy atom. The molecule has 2 heterocycles. The van der Waals surface area contributed by atoms with E-state index in [9.17, 15) is 14.4 Å². The van der Waals surface area contributed by atoms with E-state index in [-0.39, 0.29) is 17.3 Å². The number of hydrogen-bond acceptors (Lipinski definition) is 5. The number of carbonyl (C=O) groups is 3. The van der Waals surface area contributed by atoms with E-state index in [1.807, 2.05) is 83.8 Å². The molecular weight excluding hydrogens is 460 g/mol. The van der Waals surface area contributed by atoms with Gasteiger partial charge in [0, 0.05) is 40.9 Å². The number of ketones is 3. The summed E-state index contributed by atoms with van der Waals surface area (Å²) < 4.78 is 0. The lowest BCUT2D eigenvalue weighted by Gasteiger charge is -2.40. The number of fused-ring (bicyclic) bond motifs is 6. The van der Waals surface area contributed by atoms with Crippen LogP contribution in [0.2, 0.25) is 0 Å². The topological polar surface area (TPSA) is 66.5 Å². The summed E-state index contributed by atoms with van der Waals surface area (Å²) in [5, 5.41) is 5.17. The lowest BCUT2D eigenvalue weighted by Crippen LogP contribution is -2.47. The van der Waals surface area contributed by atoms with Gasteiger partial charge in [0.25, 0.3) is 0 Å². The van der Waals surface area contributed by atoms with Gasteiger partial charge in [-0.3, -0.25) is 14.4 Å². The molecule has 0 aromatic heterocycles. The van der Waals surface area contributed by atoms with Gasteiger partial charge in [-0.2, -0.15) is 0 Å². The molecule has 1 atom stereocenters. The van der Waals surface area contributed by atoms with Crippen molar-refractivity contribution in [2.75, 3.05) is 13.1 Å². The van der Waals surface area contributed by atoms with Crippen LogP contribution in [-0.4, -0.2) is 35.3 Å². The molecule has 5 nitrogen and oxygen atoms in total. The number of rotatable bonds is 2. The van der Waals surface area contributed by atoms with Crippen molar-refractivity contribution in [3.05, 3.63) is 136 Å². The van der Waals surface area contributed by atoms with Gasteiger partial charge < -0.3 is 10.2 Å². The summed E-state index contributed by atoms with van der Waals surface area (Å²) in [5.41, 5.74) is 3.06. The maximum absolute atomic E-state index is 14.8. The summed E-state index contributed by atoms with van der Waals surface area (Å²) in [4.78, 5) is 45.6. The highest BCUT2D eigenvalue weighted by molar-refractivity contribution is 6.36. The molecule has 4 aromatic rings. The zero-order valence-electron chi connectivity index (χ0n) is 19.7. The fourth-order valence-corrected chi connectivity index (χ4v) is 6.81. The molecule has 2 aliphatic carbocycles. The number of allylic oxidation sites excluding steroid dienone is 2. The summed E-state index contributed by atoms with van der Waals surface area (Å²) in [6.07, 6.45) is 0. The third kappa shape index (κ3) is 2.28. The van der Waals surface area contributed by atoms with Gasteiger partial charge in [-0.1, -0.05) is 91.0 Å². The zero-order valence-corrected chi connectivity index (χ0v) is 19.7. The lowest BCUT2D eigenvalue weighted by atomic mass is 9.63. The first kappa shape index (κ1) is 20.4. The normalized spacial score (nSPS) is 21.0. The van der Waals surface area contributed by atoms with Crippen molar-refractivity contribution >= 4 is 33.8 Å². The molecule has 1 saturated heterocycles. The van der Waals surface area contributed by atoms with Gasteiger partial charge in [-0.25, -0.2) is 0 Å². The van der Waals surface area contributed by atoms with Gasteiger partial charge >= 0.3 is 0 Å². The molecule has 4 aliphatic rings. The zero-order chi connectivity index (χ0) is 24.9. The second kappa shape index (κ2) is 6.92. The molecular formula is C32H20N2O3. The second-order valence-corrected chi connectivity index (χ2v) is 9.88. The number of benzene rings is 4. The molecule has 8 rings (SSSR count). The number of carbonyl (C=O) groups excluding carboxylic acids is 3. The Bertz CT molecular complexity index is 1810. The standard InChI is InChI=1S/C32H20N2O3/c35-28(19-8-2-1-3-9-19)26-31-33-16-17-34(31)27-20-12-4-5-13-21(20)29(36)25(27)32(26)23-15-7-11-18-10-6-14-22(24(18)23)30(32)37/h1-15,33H,16-17H2. The van der Waals surface area contributed by atoms with Crippen molar-refractivity contribution in [2.45, 2.75) is 5.41 Å². The average molecular weight is 481 g/mol. The van der Waals surface area contributed by atoms with E-state index in [4.69, 9.17) is 0 Å². The third-order valence-corrected chi connectivity index (χ3v) is 8.20. The fourth-order valence-electron chi connectivity index (χ4n) is 6.81. The van der Waals surface area contributed by atoms with Crippen molar-refractivity contribution in [1.82, 2.24) is 10.2 Å². The Morgan fingerprint density at radius 2 is 1.49 bits per heavy atom. The Balaban J connectivity index is 1.55. The van der Waals surface area contributed by atoms with Crippen molar-refractivity contribution < 1.29 is 14.4 Å². The minimum atomic E-state index is -1.54. The molecule has 1 N–H and O–H groups in total. The summed E-state index contributed by atoms with van der Waals surface area (Å²) in [6.45, 7) is 1.21. The Hall–Kier alpha value is -4.77. The van der Waals surface area contributed by atoms with Crippen molar-refractivity contribution in [2.24, 2.45) is 0 Å². The fraction of sp³-hybridized carbons (Fsp3) is 0.0938. The summed E-state index contributed by atoms with van der Waals surface area (Å²) in [7, 11) is 0. The molecule has 1 fully saturated rings. The molecule has 4 aromatic carbocycles. The summed E-state index contributed by atoms with van der Waals surface area (Å²) >= 11 is 0. The van der Waals surface area contributed by atoms with Crippen LogP contribution in [0.3, 0.4) is 0 Å². The average Bonchev–Trinajstić information content (AvgIpc) is 3.60. The molecule has 0 bridgehead atoms. The second-order valence-electron chi connectivity index (χ2n) is 9.88. The Kier molecular flexibility index (Phi) is 3.82. The van der Waals surface area contributed by atoms with E-state index in [2.05, 4.69) is 5.32 Å². The first-order valence-electron chi connectivity index (χ1n) is 12.5. The molecule has 5 heteroatoms. The maximum atomic E-state index is 14.8. The highest BCUT2D eigenvalue weighted by Crippen LogP contribution is 2.60. The first-order valence-corrected chi connectivity index (χ1v) is 12.5. The van der Waals surface area contributed by atoms with Gasteiger partial charge in [0.1, 0.15) is 11.2 Å². The number of nitrogens with one attached hydrogen (secondary N) is 1. The van der Waals surface area contributed by atoms with Gasteiger partial charge in [0.2, 0.25) is 0 Å². The van der Waals surface area contributed by atoms with Gasteiger partial charge in [0.15, 0.2) is 17.3 Å². The van der Waals surface area contributed by atoms with Crippen LogP contribution in [-0.2, 0) is 5.41 Å². The van der Waals surface area contributed by atoms with Gasteiger partial charge in [-0.15, -0.1) is 0 Å². The maximum Gasteiger partial charge on any atom is 0.194 e. The van der Waals surface area contributed by atoms with Gasteiger partial charge in [0.05, 0.1) is 11.3 Å². The molecule has 37 heavy (non-hydrogen) atoms. The first-order chi connectivity index (χ1) is 18.1. The van der Waals surface area contributed by atoms with Crippen molar-refractivity contribution in [1.29, 1.82) is 0 Å². The molecule has 0 amide bonds. The Labute approximate surface area is 212 Å². The summed E-state index contributed by atoms with van der Waals surface area (Å²) in [5.74, 6) is -0.0279. The molecule has 1 unspecified atom stereocenters. The van der Waals surface area contributed by atoms with Crippen LogP contribution in [0.25, 0.3) is 16.5 Å². The predicted octanol–water partition coefficient (Wildman–Crippen LogP) is 4.89. The van der Waals surface area contributed by atoms with Crippen molar-refractivity contribution in [3.63, 3.8) is 0 Å². The van der Waals surface area contributed by atoms with Crippen LogP contribution >= 0.6 is 0 Å².